The van der Waals surface area contributed by atoms with Gasteiger partial charge < -0.3 is 10.6 Å². The van der Waals surface area contributed by atoms with E-state index in [0.717, 1.165) is 18.5 Å². The molecule has 2 N–H and O–H groups in total. The van der Waals surface area contributed by atoms with E-state index in [2.05, 4.69) is 16.7 Å². The van der Waals surface area contributed by atoms with Crippen LogP contribution in [0.15, 0.2) is 24.3 Å². The average molecular weight is 162 g/mol. The van der Waals surface area contributed by atoms with Crippen molar-refractivity contribution in [3.63, 3.8) is 0 Å². The van der Waals surface area contributed by atoms with Crippen molar-refractivity contribution >= 4 is 12.1 Å². The second-order valence-electron chi connectivity index (χ2n) is 2.84. The number of rotatable bonds is 2. The van der Waals surface area contributed by atoms with Gasteiger partial charge in [0.05, 0.1) is 0 Å². The van der Waals surface area contributed by atoms with Gasteiger partial charge in [-0.15, -0.1) is 0 Å². The number of para-hydroxylation sites is 1. The molecular weight excluding hydrogens is 152 g/mol. The number of anilines is 1. The van der Waals surface area contributed by atoms with E-state index < -0.39 is 0 Å². The first-order valence-electron chi connectivity index (χ1n) is 3.94. The van der Waals surface area contributed by atoms with E-state index in [1.165, 1.54) is 5.56 Å². The summed E-state index contributed by atoms with van der Waals surface area (Å²) in [6, 6.07) is 8.07. The molecule has 1 unspecified atom stereocenters. The van der Waals surface area contributed by atoms with Gasteiger partial charge >= 0.3 is 0 Å². The summed E-state index contributed by atoms with van der Waals surface area (Å²) in [5.74, 6) is 0. The lowest BCUT2D eigenvalue weighted by atomic mass is 10.1. The van der Waals surface area contributed by atoms with Gasteiger partial charge in [0.15, 0.2) is 0 Å². The van der Waals surface area contributed by atoms with Crippen molar-refractivity contribution in [2.45, 2.75) is 12.6 Å². The Balaban J connectivity index is 2.16. The molecule has 1 amide bonds. The Morgan fingerprint density at radius 1 is 1.50 bits per heavy atom. The van der Waals surface area contributed by atoms with Gasteiger partial charge in [0.25, 0.3) is 0 Å². The van der Waals surface area contributed by atoms with Gasteiger partial charge in [0.2, 0.25) is 6.41 Å². The summed E-state index contributed by atoms with van der Waals surface area (Å²) in [6.07, 6.45) is 1.67. The number of benzene rings is 1. The van der Waals surface area contributed by atoms with Crippen LogP contribution in [0.2, 0.25) is 0 Å². The van der Waals surface area contributed by atoms with Gasteiger partial charge in [-0.2, -0.15) is 0 Å². The largest absolute Gasteiger partial charge is 0.365 e. The summed E-state index contributed by atoms with van der Waals surface area (Å²) in [6.45, 7) is 0. The zero-order chi connectivity index (χ0) is 8.39. The van der Waals surface area contributed by atoms with Crippen LogP contribution in [0.25, 0.3) is 0 Å². The Bertz CT molecular complexity index is 273. The molecule has 12 heavy (non-hydrogen) atoms. The van der Waals surface area contributed by atoms with E-state index in [1.54, 1.807) is 0 Å². The van der Waals surface area contributed by atoms with Crippen LogP contribution >= 0.6 is 0 Å². The highest BCUT2D eigenvalue weighted by Crippen LogP contribution is 2.23. The maximum Gasteiger partial charge on any atom is 0.208 e. The minimum absolute atomic E-state index is 0.0694. The summed E-state index contributed by atoms with van der Waals surface area (Å²) in [4.78, 5) is 10.2. The Morgan fingerprint density at radius 3 is 3.08 bits per heavy atom. The predicted octanol–water partition coefficient (Wildman–Crippen LogP) is 0.727. The summed E-state index contributed by atoms with van der Waals surface area (Å²) in [5.41, 5.74) is 2.38. The standard InChI is InChI=1S/C9H10N2O/c12-6-10-9-5-7-3-1-2-4-8(7)11-9/h1-4,6,9,11H,5H2,(H,10,12). The molecule has 1 atom stereocenters. The predicted molar refractivity (Wildman–Crippen MR) is 46.8 cm³/mol. The van der Waals surface area contributed by atoms with Crippen molar-refractivity contribution < 1.29 is 4.79 Å². The van der Waals surface area contributed by atoms with E-state index in [9.17, 15) is 4.79 Å². The first-order valence-corrected chi connectivity index (χ1v) is 3.94. The molecule has 0 fully saturated rings. The summed E-state index contributed by atoms with van der Waals surface area (Å²) in [7, 11) is 0. The fourth-order valence-electron chi connectivity index (χ4n) is 1.48. The zero-order valence-electron chi connectivity index (χ0n) is 6.58. The van der Waals surface area contributed by atoms with Crippen LogP contribution in [0.5, 0.6) is 0 Å². The van der Waals surface area contributed by atoms with Gasteiger partial charge in [-0.25, -0.2) is 0 Å². The maximum atomic E-state index is 10.2. The highest BCUT2D eigenvalue weighted by Gasteiger charge is 2.18. The van der Waals surface area contributed by atoms with Crippen LogP contribution in [0.1, 0.15) is 5.56 Å². The Labute approximate surface area is 70.8 Å². The third-order valence-corrected chi connectivity index (χ3v) is 2.04. The lowest BCUT2D eigenvalue weighted by Gasteiger charge is -2.07. The van der Waals surface area contributed by atoms with Crippen molar-refractivity contribution in [2.24, 2.45) is 0 Å². The number of carbonyl (C=O) groups excluding carboxylic acids is 1. The SMILES string of the molecule is O=CNC1Cc2ccccc2N1. The third-order valence-electron chi connectivity index (χ3n) is 2.04. The minimum Gasteiger partial charge on any atom is -0.365 e. The molecule has 0 spiro atoms. The van der Waals surface area contributed by atoms with Crippen molar-refractivity contribution in [3.05, 3.63) is 29.8 Å². The summed E-state index contributed by atoms with van der Waals surface area (Å²) in [5, 5.41) is 5.89. The first-order chi connectivity index (χ1) is 5.90. The second-order valence-corrected chi connectivity index (χ2v) is 2.84. The first kappa shape index (κ1) is 7.16. The van der Waals surface area contributed by atoms with E-state index in [1.807, 2.05) is 18.2 Å². The molecule has 0 radical (unpaired) electrons. The molecule has 0 aromatic heterocycles. The Hall–Kier alpha value is -1.51. The lowest BCUT2D eigenvalue weighted by molar-refractivity contribution is -0.109. The monoisotopic (exact) mass is 162 g/mol. The van der Waals surface area contributed by atoms with Crippen LogP contribution in [0, 0.1) is 0 Å². The van der Waals surface area contributed by atoms with Gasteiger partial charge in [-0.3, -0.25) is 4.79 Å². The number of hydrogen-bond donors (Lipinski definition) is 2. The number of fused-ring (bicyclic) bond motifs is 1. The summed E-state index contributed by atoms with van der Waals surface area (Å²) >= 11 is 0. The van der Waals surface area contributed by atoms with Gasteiger partial charge in [-0.05, 0) is 11.6 Å². The van der Waals surface area contributed by atoms with Crippen LogP contribution in [0.4, 0.5) is 5.69 Å². The van der Waals surface area contributed by atoms with E-state index >= 15 is 0 Å². The molecule has 0 bridgehead atoms. The van der Waals surface area contributed by atoms with Crippen LogP contribution < -0.4 is 10.6 Å². The number of amides is 1. The Morgan fingerprint density at radius 2 is 2.33 bits per heavy atom. The van der Waals surface area contributed by atoms with Crippen molar-refractivity contribution in [2.75, 3.05) is 5.32 Å². The Kier molecular flexibility index (Phi) is 1.70. The molecule has 0 aliphatic carbocycles. The molecule has 1 aliphatic heterocycles. The number of carbonyl (C=O) groups is 1. The molecule has 3 heteroatoms. The van der Waals surface area contributed by atoms with Crippen molar-refractivity contribution in [1.29, 1.82) is 0 Å². The lowest BCUT2D eigenvalue weighted by Crippen LogP contribution is -2.32. The molecule has 62 valence electrons. The number of hydrogen-bond acceptors (Lipinski definition) is 2. The molecule has 0 saturated heterocycles. The fourth-order valence-corrected chi connectivity index (χ4v) is 1.48. The van der Waals surface area contributed by atoms with E-state index in [-0.39, 0.29) is 6.17 Å². The van der Waals surface area contributed by atoms with E-state index in [4.69, 9.17) is 0 Å². The smallest absolute Gasteiger partial charge is 0.208 e. The zero-order valence-corrected chi connectivity index (χ0v) is 6.58. The van der Waals surface area contributed by atoms with Gasteiger partial charge in [-0.1, -0.05) is 18.2 Å². The second kappa shape index (κ2) is 2.85. The van der Waals surface area contributed by atoms with Crippen LogP contribution in [-0.2, 0) is 11.2 Å². The highest BCUT2D eigenvalue weighted by atomic mass is 16.1. The number of nitrogens with one attached hydrogen (secondary N) is 2. The van der Waals surface area contributed by atoms with Gasteiger partial charge in [0, 0.05) is 12.1 Å². The molecule has 1 aliphatic rings. The third kappa shape index (κ3) is 1.13. The molecule has 0 saturated carbocycles. The van der Waals surface area contributed by atoms with Gasteiger partial charge in [0.1, 0.15) is 6.17 Å². The quantitative estimate of drug-likeness (QED) is 0.629. The van der Waals surface area contributed by atoms with Crippen LogP contribution in [-0.4, -0.2) is 12.6 Å². The van der Waals surface area contributed by atoms with Crippen LogP contribution in [0.3, 0.4) is 0 Å². The normalized spacial score (nSPS) is 19.5. The molecule has 2 rings (SSSR count). The van der Waals surface area contributed by atoms with Crippen molar-refractivity contribution in [1.82, 2.24) is 5.32 Å². The topological polar surface area (TPSA) is 41.1 Å². The van der Waals surface area contributed by atoms with Crippen molar-refractivity contribution in [3.8, 4) is 0 Å². The molecular formula is C9H10N2O. The molecule has 1 aromatic carbocycles. The summed E-state index contributed by atoms with van der Waals surface area (Å²) < 4.78 is 0. The fraction of sp³-hybridized carbons (Fsp3) is 0.222. The molecule has 1 heterocycles. The molecule has 1 aromatic rings. The highest BCUT2D eigenvalue weighted by molar-refractivity contribution is 5.58. The average Bonchev–Trinajstić information content (AvgIpc) is 2.47. The molecule has 3 nitrogen and oxygen atoms in total. The minimum atomic E-state index is 0.0694. The van der Waals surface area contributed by atoms with E-state index in [0.29, 0.717) is 0 Å². The maximum absolute atomic E-state index is 10.2.